The van der Waals surface area contributed by atoms with Crippen molar-refractivity contribution in [1.29, 1.82) is 0 Å². The minimum absolute atomic E-state index is 0.211. The SMILES string of the molecule is Cc1cc(Cl)ccc1-n1nc(Cn2cncn2)nc1[C@H](C)n1cnnn1. The molecule has 0 bridgehead atoms. The van der Waals surface area contributed by atoms with Crippen LogP contribution in [0.25, 0.3) is 5.69 Å². The molecule has 0 N–H and O–H groups in total. The maximum atomic E-state index is 6.09. The lowest BCUT2D eigenvalue weighted by molar-refractivity contribution is 0.506. The van der Waals surface area contributed by atoms with Gasteiger partial charge in [-0.1, -0.05) is 11.6 Å². The highest BCUT2D eigenvalue weighted by Gasteiger charge is 2.21. The molecule has 132 valence electrons. The molecule has 26 heavy (non-hydrogen) atoms. The normalized spacial score (nSPS) is 12.4. The number of hydrogen-bond acceptors (Lipinski definition) is 7. The lowest BCUT2D eigenvalue weighted by atomic mass is 10.2. The first-order chi connectivity index (χ1) is 12.6. The second-order valence-electron chi connectivity index (χ2n) is 5.79. The largest absolute Gasteiger partial charge is 0.245 e. The molecule has 3 aromatic heterocycles. The Morgan fingerprint density at radius 1 is 1.23 bits per heavy atom. The second kappa shape index (κ2) is 6.64. The molecule has 1 atom stereocenters. The summed E-state index contributed by atoms with van der Waals surface area (Å²) in [7, 11) is 0. The first-order valence-electron chi connectivity index (χ1n) is 7.89. The summed E-state index contributed by atoms with van der Waals surface area (Å²) >= 11 is 6.09. The average Bonchev–Trinajstić information content (AvgIpc) is 3.36. The van der Waals surface area contributed by atoms with Gasteiger partial charge in [-0.3, -0.25) is 0 Å². The molecular formula is C15H15ClN10. The Kier molecular flexibility index (Phi) is 4.17. The number of aromatic nitrogens is 10. The van der Waals surface area contributed by atoms with Gasteiger partial charge in [0, 0.05) is 5.02 Å². The van der Waals surface area contributed by atoms with Crippen LogP contribution >= 0.6 is 11.6 Å². The molecule has 0 amide bonds. The Morgan fingerprint density at radius 3 is 2.81 bits per heavy atom. The minimum Gasteiger partial charge on any atom is -0.245 e. The van der Waals surface area contributed by atoms with E-state index in [9.17, 15) is 0 Å². The molecule has 0 saturated heterocycles. The van der Waals surface area contributed by atoms with Crippen molar-refractivity contribution in [2.45, 2.75) is 26.4 Å². The van der Waals surface area contributed by atoms with Crippen LogP contribution in [0.4, 0.5) is 0 Å². The van der Waals surface area contributed by atoms with Crippen LogP contribution in [0.3, 0.4) is 0 Å². The zero-order valence-corrected chi connectivity index (χ0v) is 14.9. The van der Waals surface area contributed by atoms with Crippen LogP contribution < -0.4 is 0 Å². The molecule has 4 rings (SSSR count). The summed E-state index contributed by atoms with van der Waals surface area (Å²) in [5.74, 6) is 1.32. The van der Waals surface area contributed by atoms with Crippen molar-refractivity contribution in [2.75, 3.05) is 0 Å². The fraction of sp³-hybridized carbons (Fsp3) is 0.267. The Morgan fingerprint density at radius 2 is 2.12 bits per heavy atom. The van der Waals surface area contributed by atoms with Crippen LogP contribution in [0.5, 0.6) is 0 Å². The van der Waals surface area contributed by atoms with Crippen LogP contribution in [0.2, 0.25) is 5.02 Å². The molecule has 0 spiro atoms. The predicted molar refractivity (Wildman–Crippen MR) is 91.9 cm³/mol. The van der Waals surface area contributed by atoms with Gasteiger partial charge in [0.2, 0.25) is 0 Å². The Bertz CT molecular complexity index is 1010. The van der Waals surface area contributed by atoms with Crippen LogP contribution in [-0.4, -0.2) is 49.7 Å². The second-order valence-corrected chi connectivity index (χ2v) is 6.22. The van der Waals surface area contributed by atoms with Crippen molar-refractivity contribution < 1.29 is 0 Å². The highest BCUT2D eigenvalue weighted by atomic mass is 35.5. The third-order valence-corrected chi connectivity index (χ3v) is 4.20. The minimum atomic E-state index is -0.211. The summed E-state index contributed by atoms with van der Waals surface area (Å²) in [6.45, 7) is 4.35. The van der Waals surface area contributed by atoms with E-state index in [1.54, 1.807) is 26.7 Å². The van der Waals surface area contributed by atoms with Crippen LogP contribution in [0, 0.1) is 6.92 Å². The quantitative estimate of drug-likeness (QED) is 0.523. The molecule has 4 aromatic rings. The van der Waals surface area contributed by atoms with Gasteiger partial charge in [0.1, 0.15) is 31.6 Å². The molecular weight excluding hydrogens is 356 g/mol. The van der Waals surface area contributed by atoms with Crippen molar-refractivity contribution >= 4 is 11.6 Å². The Hall–Kier alpha value is -3.14. The molecule has 0 aliphatic heterocycles. The van der Waals surface area contributed by atoms with Gasteiger partial charge in [0.15, 0.2) is 11.6 Å². The average molecular weight is 371 g/mol. The van der Waals surface area contributed by atoms with E-state index in [1.807, 2.05) is 32.0 Å². The monoisotopic (exact) mass is 370 g/mol. The van der Waals surface area contributed by atoms with E-state index in [-0.39, 0.29) is 6.04 Å². The number of aryl methyl sites for hydroxylation is 1. The van der Waals surface area contributed by atoms with Crippen molar-refractivity contribution in [3.63, 3.8) is 0 Å². The van der Waals surface area contributed by atoms with Crippen molar-refractivity contribution in [2.24, 2.45) is 0 Å². The summed E-state index contributed by atoms with van der Waals surface area (Å²) in [5.41, 5.74) is 1.88. The summed E-state index contributed by atoms with van der Waals surface area (Å²) in [5, 5.41) is 20.8. The summed E-state index contributed by atoms with van der Waals surface area (Å²) in [4.78, 5) is 8.64. The fourth-order valence-corrected chi connectivity index (χ4v) is 2.89. The number of benzene rings is 1. The predicted octanol–water partition coefficient (Wildman–Crippen LogP) is 1.46. The van der Waals surface area contributed by atoms with Gasteiger partial charge < -0.3 is 0 Å². The van der Waals surface area contributed by atoms with E-state index in [0.717, 1.165) is 11.3 Å². The lowest BCUT2D eigenvalue weighted by Gasteiger charge is -2.13. The highest BCUT2D eigenvalue weighted by molar-refractivity contribution is 6.30. The van der Waals surface area contributed by atoms with Gasteiger partial charge in [-0.05, 0) is 48.0 Å². The smallest absolute Gasteiger partial charge is 0.172 e. The fourth-order valence-electron chi connectivity index (χ4n) is 2.66. The van der Waals surface area contributed by atoms with Gasteiger partial charge in [-0.25, -0.2) is 24.0 Å². The van der Waals surface area contributed by atoms with E-state index >= 15 is 0 Å². The van der Waals surface area contributed by atoms with Crippen molar-refractivity contribution in [1.82, 2.24) is 49.7 Å². The molecule has 1 aromatic carbocycles. The summed E-state index contributed by atoms with van der Waals surface area (Å²) < 4.78 is 5.09. The van der Waals surface area contributed by atoms with E-state index in [1.165, 1.54) is 6.33 Å². The maximum absolute atomic E-state index is 6.09. The lowest BCUT2D eigenvalue weighted by Crippen LogP contribution is -2.15. The first kappa shape index (κ1) is 16.3. The van der Waals surface area contributed by atoms with E-state index in [0.29, 0.717) is 23.2 Å². The van der Waals surface area contributed by atoms with Crippen LogP contribution in [0.1, 0.15) is 30.2 Å². The van der Waals surface area contributed by atoms with Gasteiger partial charge in [0.05, 0.1) is 5.69 Å². The Balaban J connectivity index is 1.80. The Labute approximate surface area is 153 Å². The number of hydrogen-bond donors (Lipinski definition) is 0. The van der Waals surface area contributed by atoms with Gasteiger partial charge in [0.25, 0.3) is 0 Å². The zero-order chi connectivity index (χ0) is 18.1. The molecule has 0 saturated carbocycles. The summed E-state index contributed by atoms with van der Waals surface area (Å²) in [6, 6.07) is 5.42. The number of rotatable bonds is 5. The standard InChI is InChI=1S/C15H15ClN10/c1-10-5-12(16)3-4-13(10)26-15(11(2)25-9-18-22-23-25)20-14(21-26)6-24-8-17-7-19-24/h3-5,7-9,11H,6H2,1-2H3/t11-/m0/s1. The van der Waals surface area contributed by atoms with Crippen molar-refractivity contribution in [3.05, 3.63) is 59.4 Å². The molecule has 0 fully saturated rings. The third-order valence-electron chi connectivity index (χ3n) is 3.97. The van der Waals surface area contributed by atoms with E-state index in [2.05, 4.69) is 30.7 Å². The summed E-state index contributed by atoms with van der Waals surface area (Å²) in [6.07, 6.45) is 4.65. The number of halogens is 1. The first-order valence-corrected chi connectivity index (χ1v) is 8.27. The molecule has 3 heterocycles. The molecule has 0 radical (unpaired) electrons. The highest BCUT2D eigenvalue weighted by Crippen LogP contribution is 2.23. The molecule has 10 nitrogen and oxygen atoms in total. The topological polar surface area (TPSA) is 105 Å². The molecule has 11 heteroatoms. The van der Waals surface area contributed by atoms with Crippen LogP contribution in [0.15, 0.2) is 37.2 Å². The molecule has 0 aliphatic carbocycles. The van der Waals surface area contributed by atoms with Gasteiger partial charge in [-0.15, -0.1) is 10.2 Å². The third kappa shape index (κ3) is 3.06. The van der Waals surface area contributed by atoms with Gasteiger partial charge in [-0.2, -0.15) is 5.10 Å². The van der Waals surface area contributed by atoms with Crippen LogP contribution in [-0.2, 0) is 6.54 Å². The zero-order valence-electron chi connectivity index (χ0n) is 14.1. The molecule has 0 aliphatic rings. The van der Waals surface area contributed by atoms with Crippen molar-refractivity contribution in [3.8, 4) is 5.69 Å². The number of tetrazole rings is 1. The van der Waals surface area contributed by atoms with E-state index < -0.39 is 0 Å². The van der Waals surface area contributed by atoms with E-state index in [4.69, 9.17) is 16.6 Å². The number of nitrogens with zero attached hydrogens (tertiary/aromatic N) is 10. The molecule has 0 unspecified atom stereocenters. The van der Waals surface area contributed by atoms with Gasteiger partial charge >= 0.3 is 0 Å². The maximum Gasteiger partial charge on any atom is 0.172 e.